The Kier molecular flexibility index (Phi) is 6.60. The first-order valence-corrected chi connectivity index (χ1v) is 10.9. The monoisotopic (exact) mass is 460 g/mol. The third-order valence-electron chi connectivity index (χ3n) is 4.85. The van der Waals surface area contributed by atoms with E-state index in [0.717, 1.165) is 22.9 Å². The Morgan fingerprint density at radius 1 is 1.00 bits per heavy atom. The fourth-order valence-electron chi connectivity index (χ4n) is 3.19. The van der Waals surface area contributed by atoms with Gasteiger partial charge in [-0.25, -0.2) is 0 Å². The van der Waals surface area contributed by atoms with Crippen LogP contribution in [0, 0.1) is 11.3 Å². The van der Waals surface area contributed by atoms with E-state index < -0.39 is 0 Å². The van der Waals surface area contributed by atoms with Crippen LogP contribution in [0.5, 0.6) is 5.75 Å². The first kappa shape index (κ1) is 21.7. The normalized spacial score (nSPS) is 14.6. The molecular weight excluding hydrogens is 444 g/mol. The van der Waals surface area contributed by atoms with Gasteiger partial charge in [0.1, 0.15) is 12.4 Å². The van der Waals surface area contributed by atoms with E-state index in [9.17, 15) is 14.9 Å². The lowest BCUT2D eigenvalue weighted by Gasteiger charge is -2.12. The molecule has 0 saturated carbocycles. The largest absolute Gasteiger partial charge is 0.488 e. The molecule has 0 unspecified atom stereocenters. The molecule has 0 N–H and O–H groups in total. The molecule has 1 saturated heterocycles. The highest BCUT2D eigenvalue weighted by Gasteiger charge is 2.35. The molecule has 0 aromatic heterocycles. The van der Waals surface area contributed by atoms with Crippen LogP contribution in [0.15, 0.2) is 77.7 Å². The summed E-state index contributed by atoms with van der Waals surface area (Å²) in [5, 5.41) is 9.53. The van der Waals surface area contributed by atoms with Crippen molar-refractivity contribution in [2.45, 2.75) is 13.2 Å². The van der Waals surface area contributed by atoms with E-state index in [2.05, 4.69) is 6.07 Å². The third-order valence-corrected chi connectivity index (χ3v) is 6.01. The lowest BCUT2D eigenvalue weighted by molar-refractivity contribution is -0.123. The van der Waals surface area contributed by atoms with Crippen LogP contribution >= 0.6 is 23.4 Å². The maximum Gasteiger partial charge on any atom is 0.293 e. The summed E-state index contributed by atoms with van der Waals surface area (Å²) >= 11 is 6.81. The second-order valence-corrected chi connectivity index (χ2v) is 8.42. The van der Waals surface area contributed by atoms with Crippen LogP contribution < -0.4 is 4.74 Å². The molecule has 158 valence electrons. The number of ether oxygens (including phenoxy) is 1. The lowest BCUT2D eigenvalue weighted by atomic mass is 10.1. The van der Waals surface area contributed by atoms with E-state index >= 15 is 0 Å². The average molecular weight is 461 g/mol. The number of amides is 2. The molecule has 4 rings (SSSR count). The van der Waals surface area contributed by atoms with E-state index in [1.807, 2.05) is 30.3 Å². The number of para-hydroxylation sites is 1. The highest BCUT2D eigenvalue weighted by molar-refractivity contribution is 8.18. The van der Waals surface area contributed by atoms with Gasteiger partial charge < -0.3 is 4.74 Å². The summed E-state index contributed by atoms with van der Waals surface area (Å²) in [5.74, 6) is 0.212. The predicted molar refractivity (Wildman–Crippen MR) is 125 cm³/mol. The van der Waals surface area contributed by atoms with Gasteiger partial charge in [0, 0.05) is 16.1 Å². The van der Waals surface area contributed by atoms with Crippen LogP contribution in [-0.4, -0.2) is 16.0 Å². The van der Waals surface area contributed by atoms with Crippen LogP contribution in [0.4, 0.5) is 4.79 Å². The minimum Gasteiger partial charge on any atom is -0.488 e. The Morgan fingerprint density at radius 3 is 2.50 bits per heavy atom. The summed E-state index contributed by atoms with van der Waals surface area (Å²) in [7, 11) is 0. The quantitative estimate of drug-likeness (QED) is 0.420. The summed E-state index contributed by atoms with van der Waals surface area (Å²) in [6, 6.07) is 23.7. The molecule has 0 radical (unpaired) electrons. The van der Waals surface area contributed by atoms with Gasteiger partial charge in [-0.1, -0.05) is 60.1 Å². The molecule has 32 heavy (non-hydrogen) atoms. The Morgan fingerprint density at radius 2 is 1.72 bits per heavy atom. The Balaban J connectivity index is 1.52. The molecule has 1 heterocycles. The first-order chi connectivity index (χ1) is 15.5. The van der Waals surface area contributed by atoms with Gasteiger partial charge in [0.25, 0.3) is 11.1 Å². The van der Waals surface area contributed by atoms with Gasteiger partial charge in [-0.2, -0.15) is 5.26 Å². The van der Waals surface area contributed by atoms with Gasteiger partial charge >= 0.3 is 0 Å². The summed E-state index contributed by atoms with van der Waals surface area (Å²) in [6.07, 6.45) is 1.66. The molecule has 0 spiro atoms. The van der Waals surface area contributed by atoms with Gasteiger partial charge in [0.15, 0.2) is 0 Å². The van der Waals surface area contributed by atoms with Crippen molar-refractivity contribution in [1.29, 1.82) is 5.26 Å². The van der Waals surface area contributed by atoms with Crippen molar-refractivity contribution in [3.63, 3.8) is 0 Å². The maximum absolute atomic E-state index is 12.9. The number of carbonyl (C=O) groups excluding carboxylic acids is 2. The molecule has 2 amide bonds. The number of benzene rings is 3. The summed E-state index contributed by atoms with van der Waals surface area (Å²) in [6.45, 7) is 0.398. The molecule has 1 fully saturated rings. The SMILES string of the molecule is N#Cc1ccccc1COc1ccccc1C=C1SC(=O)N(Cc2ccc(Cl)cc2)C1=O. The number of carbonyl (C=O) groups is 2. The number of nitriles is 1. The molecule has 0 bridgehead atoms. The van der Waals surface area contributed by atoms with E-state index in [0.29, 0.717) is 26.8 Å². The molecule has 0 aliphatic carbocycles. The van der Waals surface area contributed by atoms with Gasteiger partial charge in [0.2, 0.25) is 0 Å². The standard InChI is InChI=1S/C25H17ClN2O3S/c26-21-11-9-17(10-12-21)15-28-24(29)23(32-25(28)30)13-18-5-3-4-8-22(18)31-16-20-7-2-1-6-19(20)14-27/h1-13H,15-16H2. The van der Waals surface area contributed by atoms with Crippen molar-refractivity contribution in [1.82, 2.24) is 4.90 Å². The molecule has 3 aromatic carbocycles. The highest BCUT2D eigenvalue weighted by atomic mass is 35.5. The van der Waals surface area contributed by atoms with Crippen LogP contribution in [0.25, 0.3) is 6.08 Å². The lowest BCUT2D eigenvalue weighted by Crippen LogP contribution is -2.27. The van der Waals surface area contributed by atoms with Crippen molar-refractivity contribution < 1.29 is 14.3 Å². The average Bonchev–Trinajstić information content (AvgIpc) is 3.07. The zero-order valence-electron chi connectivity index (χ0n) is 16.8. The van der Waals surface area contributed by atoms with Gasteiger partial charge in [-0.3, -0.25) is 14.5 Å². The van der Waals surface area contributed by atoms with E-state index in [4.69, 9.17) is 16.3 Å². The zero-order valence-corrected chi connectivity index (χ0v) is 18.4. The zero-order chi connectivity index (χ0) is 22.5. The Labute approximate surface area is 194 Å². The minimum absolute atomic E-state index is 0.183. The number of thioether (sulfide) groups is 1. The van der Waals surface area contributed by atoms with Gasteiger partial charge in [0.05, 0.1) is 23.1 Å². The number of halogens is 1. The maximum atomic E-state index is 12.9. The van der Waals surface area contributed by atoms with Crippen LogP contribution in [-0.2, 0) is 17.9 Å². The van der Waals surface area contributed by atoms with Crippen molar-refractivity contribution in [2.24, 2.45) is 0 Å². The van der Waals surface area contributed by atoms with E-state index in [1.165, 1.54) is 4.90 Å². The van der Waals surface area contributed by atoms with Crippen molar-refractivity contribution in [2.75, 3.05) is 0 Å². The number of hydrogen-bond donors (Lipinski definition) is 0. The predicted octanol–water partition coefficient (Wildman–Crippen LogP) is 6.03. The molecule has 0 atom stereocenters. The summed E-state index contributed by atoms with van der Waals surface area (Å²) in [5.41, 5.74) is 2.82. The second kappa shape index (κ2) is 9.73. The van der Waals surface area contributed by atoms with Crippen LogP contribution in [0.2, 0.25) is 5.02 Å². The highest BCUT2D eigenvalue weighted by Crippen LogP contribution is 2.35. The van der Waals surface area contributed by atoms with Gasteiger partial charge in [-0.05, 0) is 47.7 Å². The van der Waals surface area contributed by atoms with E-state index in [-0.39, 0.29) is 24.3 Å². The van der Waals surface area contributed by atoms with Crippen LogP contribution in [0.3, 0.4) is 0 Å². The molecule has 1 aliphatic heterocycles. The number of nitrogens with zero attached hydrogens (tertiary/aromatic N) is 2. The number of hydrogen-bond acceptors (Lipinski definition) is 5. The van der Waals surface area contributed by atoms with Crippen molar-refractivity contribution >= 4 is 40.6 Å². The van der Waals surface area contributed by atoms with Crippen molar-refractivity contribution in [3.8, 4) is 11.8 Å². The fraction of sp³-hybridized carbons (Fsp3) is 0.0800. The second-order valence-electron chi connectivity index (χ2n) is 6.99. The Hall–Kier alpha value is -3.53. The summed E-state index contributed by atoms with van der Waals surface area (Å²) in [4.78, 5) is 26.9. The van der Waals surface area contributed by atoms with E-state index in [1.54, 1.807) is 48.5 Å². The smallest absolute Gasteiger partial charge is 0.293 e. The molecular formula is C25H17ClN2O3S. The van der Waals surface area contributed by atoms with Crippen molar-refractivity contribution in [3.05, 3.63) is 105 Å². The number of rotatable bonds is 6. The number of imide groups is 1. The van der Waals surface area contributed by atoms with Gasteiger partial charge in [-0.15, -0.1) is 0 Å². The first-order valence-electron chi connectivity index (χ1n) is 9.75. The fourth-order valence-corrected chi connectivity index (χ4v) is 4.15. The third kappa shape index (κ3) is 4.86. The molecule has 7 heteroatoms. The topological polar surface area (TPSA) is 70.4 Å². The molecule has 5 nitrogen and oxygen atoms in total. The van der Waals surface area contributed by atoms with Crippen LogP contribution in [0.1, 0.15) is 22.3 Å². The minimum atomic E-state index is -0.348. The Bertz CT molecular complexity index is 1250. The molecule has 3 aromatic rings. The molecule has 1 aliphatic rings. The summed E-state index contributed by atoms with van der Waals surface area (Å²) < 4.78 is 5.94.